The highest BCUT2D eigenvalue weighted by Gasteiger charge is 2.27. The zero-order chi connectivity index (χ0) is 25.7. The van der Waals surface area contributed by atoms with Crippen molar-refractivity contribution in [2.75, 3.05) is 13.1 Å². The van der Waals surface area contributed by atoms with Crippen molar-refractivity contribution in [3.8, 4) is 11.8 Å². The van der Waals surface area contributed by atoms with Gasteiger partial charge in [0, 0.05) is 18.5 Å². The number of hydrogen-bond donors (Lipinski definition) is 1. The second kappa shape index (κ2) is 11.0. The molecule has 1 saturated heterocycles. The van der Waals surface area contributed by atoms with Crippen LogP contribution >= 0.6 is 0 Å². The van der Waals surface area contributed by atoms with Crippen LogP contribution in [0.15, 0.2) is 40.9 Å². The lowest BCUT2D eigenvalue weighted by Crippen LogP contribution is -2.41. The first-order valence-electron chi connectivity index (χ1n) is 12.4. The number of likely N-dealkylation sites (tertiary alicyclic amines) is 1. The van der Waals surface area contributed by atoms with E-state index in [0.717, 1.165) is 42.3 Å². The van der Waals surface area contributed by atoms with E-state index >= 15 is 0 Å². The van der Waals surface area contributed by atoms with E-state index in [-0.39, 0.29) is 12.7 Å². The summed E-state index contributed by atoms with van der Waals surface area (Å²) in [5, 5.41) is 24.1. The molecule has 8 heteroatoms. The van der Waals surface area contributed by atoms with Crippen LogP contribution in [0.25, 0.3) is 11.0 Å². The number of benzene rings is 2. The number of fused-ring (bicyclic) bond motifs is 1. The quantitative estimate of drug-likeness (QED) is 0.474. The molecule has 8 nitrogen and oxygen atoms in total. The number of piperidine rings is 1. The monoisotopic (exact) mass is 491 g/mol. The number of carbonyl (C=O) groups excluding carboxylic acids is 1. The maximum absolute atomic E-state index is 12.3. The number of nitriles is 1. The van der Waals surface area contributed by atoms with Gasteiger partial charge >= 0.3 is 6.09 Å². The van der Waals surface area contributed by atoms with Crippen LogP contribution in [-0.2, 0) is 24.4 Å². The Kier molecular flexibility index (Phi) is 7.80. The third-order valence-electron chi connectivity index (χ3n) is 6.47. The van der Waals surface area contributed by atoms with E-state index in [1.807, 2.05) is 45.0 Å². The fraction of sp³-hybridized carbons (Fsp3) is 0.464. The average molecular weight is 492 g/mol. The summed E-state index contributed by atoms with van der Waals surface area (Å²) in [7, 11) is 0. The summed E-state index contributed by atoms with van der Waals surface area (Å²) < 4.78 is 17.1. The summed E-state index contributed by atoms with van der Waals surface area (Å²) in [4.78, 5) is 14.1. The number of nitrogens with zero attached hydrogens (tertiary/aromatic N) is 3. The van der Waals surface area contributed by atoms with E-state index in [9.17, 15) is 9.90 Å². The van der Waals surface area contributed by atoms with Gasteiger partial charge in [0.15, 0.2) is 5.58 Å². The topological polar surface area (TPSA) is 109 Å². The van der Waals surface area contributed by atoms with Crippen molar-refractivity contribution in [1.29, 1.82) is 5.26 Å². The van der Waals surface area contributed by atoms with Crippen LogP contribution in [0.1, 0.15) is 62.4 Å². The minimum absolute atomic E-state index is 0.224. The molecule has 0 aliphatic carbocycles. The molecular weight excluding hydrogens is 458 g/mol. The molecule has 0 saturated carbocycles. The van der Waals surface area contributed by atoms with E-state index in [1.54, 1.807) is 17.0 Å². The van der Waals surface area contributed by atoms with E-state index in [0.29, 0.717) is 48.1 Å². The first kappa shape index (κ1) is 25.5. The Morgan fingerprint density at radius 2 is 1.92 bits per heavy atom. The van der Waals surface area contributed by atoms with Crippen molar-refractivity contribution >= 4 is 17.1 Å². The first-order valence-corrected chi connectivity index (χ1v) is 12.4. The molecule has 1 aliphatic rings. The smallest absolute Gasteiger partial charge is 0.410 e. The number of aliphatic hydroxyl groups excluding tert-OH is 1. The maximum Gasteiger partial charge on any atom is 0.410 e. The molecule has 2 aromatic carbocycles. The summed E-state index contributed by atoms with van der Waals surface area (Å²) in [6.45, 7) is 7.14. The SMILES string of the molecule is CC(C)(C)OC(=O)N1CCC(CCc2noc3c(CO)c(OCc4ccc(C#N)cc4)ccc23)CC1. The summed E-state index contributed by atoms with van der Waals surface area (Å²) in [6, 6.07) is 13.1. The third-order valence-corrected chi connectivity index (χ3v) is 6.47. The van der Waals surface area contributed by atoms with Gasteiger partial charge in [0.25, 0.3) is 0 Å². The maximum atomic E-state index is 12.3. The van der Waals surface area contributed by atoms with Gasteiger partial charge in [0.05, 0.1) is 29.5 Å². The van der Waals surface area contributed by atoms with Gasteiger partial charge in [0.1, 0.15) is 18.0 Å². The Hall–Kier alpha value is -3.57. The predicted octanol–water partition coefficient (Wildman–Crippen LogP) is 5.35. The second-order valence-electron chi connectivity index (χ2n) is 10.3. The predicted molar refractivity (Wildman–Crippen MR) is 134 cm³/mol. The van der Waals surface area contributed by atoms with Crippen LogP contribution < -0.4 is 4.74 Å². The molecule has 0 radical (unpaired) electrons. The summed E-state index contributed by atoms with van der Waals surface area (Å²) in [6.07, 6.45) is 3.35. The van der Waals surface area contributed by atoms with Crippen LogP contribution in [-0.4, -0.2) is 39.9 Å². The Balaban J connectivity index is 1.35. The highest BCUT2D eigenvalue weighted by atomic mass is 16.6. The van der Waals surface area contributed by atoms with Crippen LogP contribution in [0, 0.1) is 17.2 Å². The van der Waals surface area contributed by atoms with Crippen molar-refractivity contribution in [2.45, 2.75) is 65.3 Å². The first-order chi connectivity index (χ1) is 17.3. The lowest BCUT2D eigenvalue weighted by Gasteiger charge is -2.33. The van der Waals surface area contributed by atoms with Crippen molar-refractivity contribution in [3.05, 3.63) is 58.8 Å². The average Bonchev–Trinajstić information content (AvgIpc) is 3.28. The van der Waals surface area contributed by atoms with Gasteiger partial charge < -0.3 is 24.0 Å². The van der Waals surface area contributed by atoms with Crippen molar-refractivity contribution in [3.63, 3.8) is 0 Å². The molecule has 0 atom stereocenters. The number of aromatic nitrogens is 1. The molecule has 1 aliphatic heterocycles. The minimum atomic E-state index is -0.482. The molecule has 1 amide bonds. The highest BCUT2D eigenvalue weighted by molar-refractivity contribution is 5.84. The molecule has 1 N–H and O–H groups in total. The molecule has 0 spiro atoms. The Bertz CT molecular complexity index is 1230. The van der Waals surface area contributed by atoms with E-state index in [4.69, 9.17) is 19.3 Å². The van der Waals surface area contributed by atoms with Gasteiger partial charge in [-0.3, -0.25) is 0 Å². The van der Waals surface area contributed by atoms with Crippen molar-refractivity contribution in [1.82, 2.24) is 10.1 Å². The zero-order valence-corrected chi connectivity index (χ0v) is 21.1. The number of aryl methyl sites for hydroxylation is 1. The third kappa shape index (κ3) is 6.16. The molecule has 190 valence electrons. The van der Waals surface area contributed by atoms with Gasteiger partial charge in [-0.05, 0) is 82.2 Å². The highest BCUT2D eigenvalue weighted by Crippen LogP contribution is 2.32. The van der Waals surface area contributed by atoms with Crippen molar-refractivity contribution < 1.29 is 23.9 Å². The minimum Gasteiger partial charge on any atom is -0.488 e. The Labute approximate surface area is 211 Å². The summed E-state index contributed by atoms with van der Waals surface area (Å²) in [5.41, 5.74) is 3.03. The number of aliphatic hydroxyl groups is 1. The molecule has 36 heavy (non-hydrogen) atoms. The van der Waals surface area contributed by atoms with Gasteiger partial charge in [-0.2, -0.15) is 5.26 Å². The fourth-order valence-electron chi connectivity index (χ4n) is 4.46. The molecule has 4 rings (SSSR count). The molecule has 1 aromatic heterocycles. The van der Waals surface area contributed by atoms with E-state index in [2.05, 4.69) is 11.2 Å². The number of rotatable bonds is 7. The Morgan fingerprint density at radius 1 is 1.19 bits per heavy atom. The van der Waals surface area contributed by atoms with Gasteiger partial charge in [-0.1, -0.05) is 17.3 Å². The van der Waals surface area contributed by atoms with Crippen LogP contribution in [0.4, 0.5) is 4.79 Å². The summed E-state index contributed by atoms with van der Waals surface area (Å²) in [5.74, 6) is 1.05. The normalized spacial score (nSPS) is 14.6. The molecular formula is C28H33N3O5. The van der Waals surface area contributed by atoms with E-state index in [1.165, 1.54) is 0 Å². The lowest BCUT2D eigenvalue weighted by atomic mass is 9.91. The van der Waals surface area contributed by atoms with Gasteiger partial charge in [0.2, 0.25) is 0 Å². The molecule has 3 aromatic rings. The Morgan fingerprint density at radius 3 is 2.56 bits per heavy atom. The molecule has 2 heterocycles. The van der Waals surface area contributed by atoms with E-state index < -0.39 is 5.60 Å². The number of hydrogen-bond acceptors (Lipinski definition) is 7. The largest absolute Gasteiger partial charge is 0.488 e. The molecule has 1 fully saturated rings. The lowest BCUT2D eigenvalue weighted by molar-refractivity contribution is 0.0181. The van der Waals surface area contributed by atoms with Crippen molar-refractivity contribution in [2.24, 2.45) is 5.92 Å². The van der Waals surface area contributed by atoms with Crippen LogP contribution in [0.5, 0.6) is 5.75 Å². The van der Waals surface area contributed by atoms with Crippen LogP contribution in [0.3, 0.4) is 0 Å². The summed E-state index contributed by atoms with van der Waals surface area (Å²) >= 11 is 0. The fourth-order valence-corrected chi connectivity index (χ4v) is 4.46. The van der Waals surface area contributed by atoms with Crippen LogP contribution in [0.2, 0.25) is 0 Å². The van der Waals surface area contributed by atoms with Gasteiger partial charge in [-0.15, -0.1) is 0 Å². The number of ether oxygens (including phenoxy) is 2. The molecule has 0 bridgehead atoms. The number of amides is 1. The second-order valence-corrected chi connectivity index (χ2v) is 10.3. The van der Waals surface area contributed by atoms with Gasteiger partial charge in [-0.25, -0.2) is 4.79 Å². The standard InChI is InChI=1S/C28H33N3O5/c1-28(2,3)35-27(33)31-14-12-19(13-15-31)8-10-24-22-9-11-25(23(17-32)26(22)36-30-24)34-18-21-6-4-20(16-29)5-7-21/h4-7,9,11,19,32H,8,10,12-15,17-18H2,1-3H3. The number of carbonyl (C=O) groups is 1. The molecule has 0 unspecified atom stereocenters. The zero-order valence-electron chi connectivity index (χ0n) is 21.1.